The van der Waals surface area contributed by atoms with E-state index in [0.29, 0.717) is 38.3 Å². The van der Waals surface area contributed by atoms with Crippen LogP contribution in [-0.2, 0) is 14.8 Å². The summed E-state index contributed by atoms with van der Waals surface area (Å²) in [7, 11) is -1.65. The number of carbonyl (C=O) groups is 2. The molecular weight excluding hydrogens is 420 g/mol. The third-order valence-electron chi connectivity index (χ3n) is 5.30. The van der Waals surface area contributed by atoms with Gasteiger partial charge in [0.1, 0.15) is 11.3 Å². The molecule has 1 aromatic rings. The fourth-order valence-electron chi connectivity index (χ4n) is 3.51. The first kappa shape index (κ1) is 25.2. The van der Waals surface area contributed by atoms with E-state index < -0.39 is 15.6 Å². The molecular formula is C21H36N4O5S. The Bertz CT molecular complexity index is 851. The molecule has 1 aliphatic heterocycles. The smallest absolute Gasteiger partial charge is 0.410 e. The molecule has 0 unspecified atom stereocenters. The van der Waals surface area contributed by atoms with E-state index >= 15 is 0 Å². The molecule has 31 heavy (non-hydrogen) atoms. The number of amides is 2. The molecule has 0 bridgehead atoms. The van der Waals surface area contributed by atoms with Crippen molar-refractivity contribution in [3.63, 3.8) is 0 Å². The summed E-state index contributed by atoms with van der Waals surface area (Å²) in [4.78, 5) is 26.6. The number of likely N-dealkylation sites (tertiary alicyclic amines) is 1. The highest BCUT2D eigenvalue weighted by atomic mass is 32.2. The van der Waals surface area contributed by atoms with Crippen LogP contribution < -0.4 is 5.32 Å². The summed E-state index contributed by atoms with van der Waals surface area (Å²) in [6.45, 7) is 9.08. The third kappa shape index (κ3) is 7.24. The Balaban J connectivity index is 1.85. The highest BCUT2D eigenvalue weighted by molar-refractivity contribution is 7.89. The molecule has 1 N–H and O–H groups in total. The standard InChI is InChI=1S/C21H36N4O5S/c1-6-31(28,29)23(5)13-8-12-22-19(26)18-9-7-14-25(18)17-10-15-24(16-11-17)20(27)30-21(2,3)4/h7,9,14,17H,6,8,10-13,15-16H2,1-5H3,(H,22,26). The van der Waals surface area contributed by atoms with Crippen LogP contribution in [0.3, 0.4) is 0 Å². The van der Waals surface area contributed by atoms with Gasteiger partial charge in [-0.05, 0) is 59.1 Å². The van der Waals surface area contributed by atoms with Crippen molar-refractivity contribution in [2.24, 2.45) is 0 Å². The minimum absolute atomic E-state index is 0.0656. The van der Waals surface area contributed by atoms with Crippen molar-refractivity contribution >= 4 is 22.0 Å². The average molecular weight is 457 g/mol. The van der Waals surface area contributed by atoms with Crippen molar-refractivity contribution in [3.8, 4) is 0 Å². The molecule has 9 nitrogen and oxygen atoms in total. The first-order valence-electron chi connectivity index (χ1n) is 10.8. The highest BCUT2D eigenvalue weighted by Gasteiger charge is 2.28. The van der Waals surface area contributed by atoms with Crippen LogP contribution in [0.5, 0.6) is 0 Å². The number of hydrogen-bond acceptors (Lipinski definition) is 5. The van der Waals surface area contributed by atoms with E-state index in [4.69, 9.17) is 4.74 Å². The number of nitrogens with zero attached hydrogens (tertiary/aromatic N) is 3. The molecule has 176 valence electrons. The molecule has 2 heterocycles. The van der Waals surface area contributed by atoms with Crippen LogP contribution in [-0.4, -0.2) is 78.8 Å². The van der Waals surface area contributed by atoms with Gasteiger partial charge in [0.15, 0.2) is 0 Å². The van der Waals surface area contributed by atoms with Crippen molar-refractivity contribution in [1.29, 1.82) is 0 Å². The van der Waals surface area contributed by atoms with Gasteiger partial charge >= 0.3 is 6.09 Å². The van der Waals surface area contributed by atoms with Crippen LogP contribution in [0.15, 0.2) is 18.3 Å². The van der Waals surface area contributed by atoms with Gasteiger partial charge in [0, 0.05) is 45.5 Å². The molecule has 1 saturated heterocycles. The van der Waals surface area contributed by atoms with Gasteiger partial charge in [-0.15, -0.1) is 0 Å². The Kier molecular flexibility index (Phi) is 8.53. The van der Waals surface area contributed by atoms with Gasteiger partial charge in [0.25, 0.3) is 5.91 Å². The summed E-state index contributed by atoms with van der Waals surface area (Å²) in [5.41, 5.74) is 0.0556. The fourth-order valence-corrected chi connectivity index (χ4v) is 4.36. The lowest BCUT2D eigenvalue weighted by atomic mass is 10.0. The molecule has 2 rings (SSSR count). The second-order valence-corrected chi connectivity index (χ2v) is 11.2. The Morgan fingerprint density at radius 2 is 1.90 bits per heavy atom. The number of ether oxygens (including phenoxy) is 1. The topological polar surface area (TPSA) is 101 Å². The predicted molar refractivity (Wildman–Crippen MR) is 120 cm³/mol. The van der Waals surface area contributed by atoms with Crippen LogP contribution in [0.2, 0.25) is 0 Å². The number of carbonyl (C=O) groups excluding carboxylic acids is 2. The van der Waals surface area contributed by atoms with Crippen molar-refractivity contribution < 1.29 is 22.7 Å². The van der Waals surface area contributed by atoms with Gasteiger partial charge in [0.05, 0.1) is 5.75 Å². The molecule has 2 amide bonds. The lowest BCUT2D eigenvalue weighted by Gasteiger charge is -2.34. The average Bonchev–Trinajstić information content (AvgIpc) is 3.19. The van der Waals surface area contributed by atoms with E-state index in [2.05, 4.69) is 5.32 Å². The molecule has 0 aliphatic carbocycles. The maximum Gasteiger partial charge on any atom is 0.410 e. The van der Waals surface area contributed by atoms with E-state index in [-0.39, 0.29) is 23.8 Å². The first-order chi connectivity index (χ1) is 14.4. The molecule has 0 atom stereocenters. The summed E-state index contributed by atoms with van der Waals surface area (Å²) in [6, 6.07) is 3.76. The van der Waals surface area contributed by atoms with Crippen molar-refractivity contribution in [3.05, 3.63) is 24.0 Å². The Hall–Kier alpha value is -2.07. The van der Waals surface area contributed by atoms with Crippen LogP contribution in [0.1, 0.15) is 63.5 Å². The Labute approximate surface area is 185 Å². The molecule has 0 aromatic carbocycles. The molecule has 0 radical (unpaired) electrons. The summed E-state index contributed by atoms with van der Waals surface area (Å²) in [6.07, 6.45) is 3.62. The fraction of sp³-hybridized carbons (Fsp3) is 0.714. The minimum Gasteiger partial charge on any atom is -0.444 e. The van der Waals surface area contributed by atoms with Crippen LogP contribution >= 0.6 is 0 Å². The zero-order valence-electron chi connectivity index (χ0n) is 19.3. The molecule has 1 aliphatic rings. The van der Waals surface area contributed by atoms with Gasteiger partial charge in [-0.3, -0.25) is 4.79 Å². The SMILES string of the molecule is CCS(=O)(=O)N(C)CCCNC(=O)c1cccn1C1CCN(C(=O)OC(C)(C)C)CC1. The van der Waals surface area contributed by atoms with Crippen LogP contribution in [0.4, 0.5) is 4.79 Å². The quantitative estimate of drug-likeness (QED) is 0.606. The lowest BCUT2D eigenvalue weighted by Crippen LogP contribution is -2.42. The van der Waals surface area contributed by atoms with E-state index in [0.717, 1.165) is 12.8 Å². The maximum atomic E-state index is 12.6. The summed E-state index contributed by atoms with van der Waals surface area (Å²) < 4.78 is 32.3. The Morgan fingerprint density at radius 3 is 2.48 bits per heavy atom. The van der Waals surface area contributed by atoms with Crippen LogP contribution in [0.25, 0.3) is 0 Å². The van der Waals surface area contributed by atoms with E-state index in [1.807, 2.05) is 37.6 Å². The second-order valence-electron chi connectivity index (χ2n) is 8.83. The van der Waals surface area contributed by atoms with Gasteiger partial charge in [-0.2, -0.15) is 0 Å². The van der Waals surface area contributed by atoms with Crippen molar-refractivity contribution in [2.75, 3.05) is 39.0 Å². The zero-order valence-corrected chi connectivity index (χ0v) is 20.1. The molecule has 0 saturated carbocycles. The number of aromatic nitrogens is 1. The number of sulfonamides is 1. The van der Waals surface area contributed by atoms with E-state index in [1.165, 1.54) is 4.31 Å². The van der Waals surface area contributed by atoms with Gasteiger partial charge < -0.3 is 19.5 Å². The minimum atomic E-state index is -3.20. The largest absolute Gasteiger partial charge is 0.444 e. The van der Waals surface area contributed by atoms with Gasteiger partial charge in [-0.1, -0.05) is 0 Å². The monoisotopic (exact) mass is 456 g/mol. The molecule has 1 aromatic heterocycles. The molecule has 0 spiro atoms. The lowest BCUT2D eigenvalue weighted by molar-refractivity contribution is 0.0187. The molecule has 1 fully saturated rings. The number of piperidine rings is 1. The first-order valence-corrected chi connectivity index (χ1v) is 12.4. The summed E-state index contributed by atoms with van der Waals surface area (Å²) in [5, 5.41) is 2.88. The number of hydrogen-bond donors (Lipinski definition) is 1. The number of nitrogens with one attached hydrogen (secondary N) is 1. The normalized spacial score (nSPS) is 15.9. The summed E-state index contributed by atoms with van der Waals surface area (Å²) >= 11 is 0. The van der Waals surface area contributed by atoms with Crippen molar-refractivity contribution in [2.45, 2.75) is 58.6 Å². The predicted octanol–water partition coefficient (Wildman–Crippen LogP) is 2.46. The molecule has 10 heteroatoms. The van der Waals surface area contributed by atoms with Crippen LogP contribution in [0, 0.1) is 0 Å². The maximum absolute atomic E-state index is 12.6. The third-order valence-corrected chi connectivity index (χ3v) is 7.16. The highest BCUT2D eigenvalue weighted by Crippen LogP contribution is 2.25. The number of rotatable bonds is 8. The second kappa shape index (κ2) is 10.5. The van der Waals surface area contributed by atoms with E-state index in [9.17, 15) is 18.0 Å². The van der Waals surface area contributed by atoms with Gasteiger partial charge in [-0.25, -0.2) is 17.5 Å². The summed E-state index contributed by atoms with van der Waals surface area (Å²) in [5.74, 6) is -0.114. The zero-order chi connectivity index (χ0) is 23.2. The Morgan fingerprint density at radius 1 is 1.26 bits per heavy atom. The van der Waals surface area contributed by atoms with E-state index in [1.54, 1.807) is 24.9 Å². The van der Waals surface area contributed by atoms with Crippen molar-refractivity contribution in [1.82, 2.24) is 19.1 Å². The van der Waals surface area contributed by atoms with Gasteiger partial charge in [0.2, 0.25) is 10.0 Å².